The topological polar surface area (TPSA) is 142 Å². The molecule has 0 saturated carbocycles. The van der Waals surface area contributed by atoms with Gasteiger partial charge in [-0.25, -0.2) is 4.98 Å². The van der Waals surface area contributed by atoms with Gasteiger partial charge in [0.2, 0.25) is 5.91 Å². The molecule has 3 N–H and O–H groups in total. The zero-order valence-corrected chi connectivity index (χ0v) is 16.5. The second-order valence-corrected chi connectivity index (χ2v) is 6.95. The minimum atomic E-state index is -1.46. The van der Waals surface area contributed by atoms with Crippen LogP contribution in [0.1, 0.15) is 12.0 Å². The number of nitrogens with zero attached hydrogens (tertiary/aromatic N) is 3. The summed E-state index contributed by atoms with van der Waals surface area (Å²) in [5, 5.41) is 27.4. The summed E-state index contributed by atoms with van der Waals surface area (Å²) in [5.41, 5.74) is -0.727. The highest BCUT2D eigenvalue weighted by Gasteiger charge is 2.50. The first-order valence-corrected chi connectivity index (χ1v) is 9.22. The van der Waals surface area contributed by atoms with Crippen LogP contribution in [0.25, 0.3) is 0 Å². The highest BCUT2D eigenvalue weighted by molar-refractivity contribution is 5.80. The molecule has 3 rings (SSSR count). The molecule has 2 heterocycles. The van der Waals surface area contributed by atoms with E-state index >= 15 is 0 Å². The molecule has 1 aromatic heterocycles. The number of imidazole rings is 1. The van der Waals surface area contributed by atoms with Crippen molar-refractivity contribution in [2.24, 2.45) is 5.41 Å². The summed E-state index contributed by atoms with van der Waals surface area (Å²) in [6, 6.07) is 7.10. The van der Waals surface area contributed by atoms with Gasteiger partial charge in [-0.05, 0) is 30.5 Å². The molecule has 0 bridgehead atoms. The van der Waals surface area contributed by atoms with E-state index in [2.05, 4.69) is 4.98 Å². The van der Waals surface area contributed by atoms with Crippen LogP contribution in [0.3, 0.4) is 0 Å². The molecule has 2 atom stereocenters. The van der Waals surface area contributed by atoms with Gasteiger partial charge in [-0.2, -0.15) is 0 Å². The number of methoxy groups -OCH3 is 1. The zero-order chi connectivity index (χ0) is 22.1. The number of carbonyl (C=O) groups excluding carboxylic acids is 1. The van der Waals surface area contributed by atoms with Gasteiger partial charge in [0.1, 0.15) is 17.7 Å². The molecule has 1 saturated heterocycles. The van der Waals surface area contributed by atoms with Crippen molar-refractivity contribution in [3.8, 4) is 5.75 Å². The lowest BCUT2D eigenvalue weighted by molar-refractivity contribution is -0.166. The van der Waals surface area contributed by atoms with Gasteiger partial charge >= 0.3 is 5.97 Å². The smallest absolute Gasteiger partial charge is 0.314 e. The van der Waals surface area contributed by atoms with Gasteiger partial charge in [0, 0.05) is 25.5 Å². The Balaban J connectivity index is 0.00000101. The maximum atomic E-state index is 12.6. The fourth-order valence-corrected chi connectivity index (χ4v) is 3.53. The lowest BCUT2D eigenvalue weighted by Crippen LogP contribution is -2.58. The number of piperidine rings is 1. The molecule has 162 valence electrons. The van der Waals surface area contributed by atoms with E-state index in [1.807, 2.05) is 0 Å². The Kier molecular flexibility index (Phi) is 7.93. The lowest BCUT2D eigenvalue weighted by Gasteiger charge is -2.43. The second-order valence-electron chi connectivity index (χ2n) is 6.95. The van der Waals surface area contributed by atoms with E-state index in [0.29, 0.717) is 12.3 Å². The van der Waals surface area contributed by atoms with E-state index in [4.69, 9.17) is 14.6 Å². The van der Waals surface area contributed by atoms with Crippen molar-refractivity contribution < 1.29 is 34.4 Å². The minimum Gasteiger partial charge on any atom is -0.497 e. The number of ether oxygens (including phenoxy) is 1. The summed E-state index contributed by atoms with van der Waals surface area (Å²) < 4.78 is 6.84. The van der Waals surface area contributed by atoms with Crippen LogP contribution in [0, 0.1) is 5.41 Å². The standard InChI is InChI=1S/C19H23N3O5.CH2O2/c1-27-15-4-2-3-14(9-15)10-19(18(25)26)12-22(7-5-16(19)23)17(24)11-21-8-6-20-13-21;2-1-3/h2-4,6,8-9,13,16,23H,5,7,10-12H2,1H3,(H,25,26);1H,(H,2,3)/t16-,19-;/m1./s1. The molecular formula is C20H25N3O7. The number of hydrogen-bond acceptors (Lipinski definition) is 6. The van der Waals surface area contributed by atoms with Crippen molar-refractivity contribution in [1.29, 1.82) is 0 Å². The van der Waals surface area contributed by atoms with Crippen molar-refractivity contribution in [3.63, 3.8) is 0 Å². The van der Waals surface area contributed by atoms with Crippen LogP contribution < -0.4 is 4.74 Å². The van der Waals surface area contributed by atoms with Gasteiger partial charge in [0.15, 0.2) is 0 Å². The molecule has 10 heteroatoms. The van der Waals surface area contributed by atoms with E-state index in [0.717, 1.165) is 5.56 Å². The van der Waals surface area contributed by atoms with Crippen LogP contribution in [0.4, 0.5) is 0 Å². The maximum absolute atomic E-state index is 12.6. The number of carboxylic acids is 1. The van der Waals surface area contributed by atoms with E-state index in [1.54, 1.807) is 41.2 Å². The highest BCUT2D eigenvalue weighted by Crippen LogP contribution is 2.35. The monoisotopic (exact) mass is 419 g/mol. The van der Waals surface area contributed by atoms with Crippen LogP contribution in [0.15, 0.2) is 43.0 Å². The summed E-state index contributed by atoms with van der Waals surface area (Å²) in [4.78, 5) is 38.6. The highest BCUT2D eigenvalue weighted by atomic mass is 16.5. The quantitative estimate of drug-likeness (QED) is 0.575. The van der Waals surface area contributed by atoms with Crippen LogP contribution in [0.2, 0.25) is 0 Å². The Labute approximate surface area is 173 Å². The molecular weight excluding hydrogens is 394 g/mol. The fourth-order valence-electron chi connectivity index (χ4n) is 3.53. The van der Waals surface area contributed by atoms with Crippen molar-refractivity contribution in [1.82, 2.24) is 14.5 Å². The SMILES string of the molecule is COc1cccc(C[C@@]2(C(=O)O)CN(C(=O)Cn3ccnc3)CC[C@H]2O)c1.O=CO. The van der Waals surface area contributed by atoms with Gasteiger partial charge in [0.05, 0.1) is 19.5 Å². The third-order valence-corrected chi connectivity index (χ3v) is 5.09. The first-order chi connectivity index (χ1) is 14.4. The average molecular weight is 419 g/mol. The molecule has 10 nitrogen and oxygen atoms in total. The fraction of sp³-hybridized carbons (Fsp3) is 0.400. The molecule has 1 aromatic carbocycles. The molecule has 1 amide bonds. The van der Waals surface area contributed by atoms with Crippen molar-refractivity contribution in [3.05, 3.63) is 48.5 Å². The Morgan fingerprint density at radius 3 is 2.73 bits per heavy atom. The van der Waals surface area contributed by atoms with Crippen LogP contribution in [-0.2, 0) is 27.3 Å². The number of benzene rings is 1. The van der Waals surface area contributed by atoms with E-state index in [1.165, 1.54) is 18.3 Å². The van der Waals surface area contributed by atoms with E-state index in [9.17, 15) is 19.8 Å². The number of hydrogen-bond donors (Lipinski definition) is 3. The van der Waals surface area contributed by atoms with Crippen molar-refractivity contribution >= 4 is 18.3 Å². The Morgan fingerprint density at radius 2 is 2.13 bits per heavy atom. The number of likely N-dealkylation sites (tertiary alicyclic amines) is 1. The van der Waals surface area contributed by atoms with Crippen LogP contribution in [0.5, 0.6) is 5.75 Å². The first kappa shape index (κ1) is 22.9. The summed E-state index contributed by atoms with van der Waals surface area (Å²) >= 11 is 0. The predicted octanol–water partition coefficient (Wildman–Crippen LogP) is 0.499. The lowest BCUT2D eigenvalue weighted by atomic mass is 9.72. The van der Waals surface area contributed by atoms with Gasteiger partial charge in [-0.15, -0.1) is 0 Å². The normalized spacial score (nSPS) is 20.6. The van der Waals surface area contributed by atoms with Crippen LogP contribution in [-0.4, -0.2) is 74.4 Å². The second kappa shape index (κ2) is 10.4. The summed E-state index contributed by atoms with van der Waals surface area (Å²) in [6.07, 6.45) is 4.08. The number of carboxylic acid groups (broad SMARTS) is 2. The minimum absolute atomic E-state index is 0.0474. The van der Waals surface area contributed by atoms with Gasteiger partial charge in [-0.3, -0.25) is 14.4 Å². The Morgan fingerprint density at radius 1 is 1.40 bits per heavy atom. The molecule has 1 fully saturated rings. The molecule has 1 aliphatic heterocycles. The molecule has 2 aromatic rings. The Bertz CT molecular complexity index is 856. The van der Waals surface area contributed by atoms with Crippen molar-refractivity contribution in [2.75, 3.05) is 20.2 Å². The third kappa shape index (κ3) is 5.35. The molecule has 0 radical (unpaired) electrons. The predicted molar refractivity (Wildman–Crippen MR) is 105 cm³/mol. The average Bonchev–Trinajstić information content (AvgIpc) is 3.23. The molecule has 0 spiro atoms. The number of rotatable bonds is 6. The van der Waals surface area contributed by atoms with E-state index in [-0.39, 0.29) is 38.3 Å². The molecule has 0 unspecified atom stereocenters. The summed E-state index contributed by atoms with van der Waals surface area (Å²) in [7, 11) is 1.54. The largest absolute Gasteiger partial charge is 0.497 e. The summed E-state index contributed by atoms with van der Waals surface area (Å²) in [5.74, 6) is -0.694. The number of aromatic nitrogens is 2. The number of aliphatic carboxylic acids is 1. The Hall–Kier alpha value is -3.40. The van der Waals surface area contributed by atoms with E-state index < -0.39 is 17.5 Å². The molecule has 1 aliphatic rings. The first-order valence-electron chi connectivity index (χ1n) is 9.22. The zero-order valence-electron chi connectivity index (χ0n) is 16.5. The molecule has 30 heavy (non-hydrogen) atoms. The number of amides is 1. The number of aliphatic hydroxyl groups excluding tert-OH is 1. The van der Waals surface area contributed by atoms with Gasteiger partial charge < -0.3 is 29.5 Å². The van der Waals surface area contributed by atoms with Gasteiger partial charge in [0.25, 0.3) is 6.47 Å². The van der Waals surface area contributed by atoms with Gasteiger partial charge in [-0.1, -0.05) is 12.1 Å². The molecule has 0 aliphatic carbocycles. The third-order valence-electron chi connectivity index (χ3n) is 5.09. The maximum Gasteiger partial charge on any atom is 0.314 e. The van der Waals surface area contributed by atoms with Crippen molar-refractivity contribution in [2.45, 2.75) is 25.5 Å². The number of aliphatic hydroxyl groups is 1. The van der Waals surface area contributed by atoms with Crippen LogP contribution >= 0.6 is 0 Å². The number of carbonyl (C=O) groups is 3. The summed E-state index contributed by atoms with van der Waals surface area (Å²) in [6.45, 7) is 0.112.